The van der Waals surface area contributed by atoms with Gasteiger partial charge in [0.1, 0.15) is 11.9 Å². The summed E-state index contributed by atoms with van der Waals surface area (Å²) in [5.41, 5.74) is 2.39. The number of rotatable bonds is 5. The molecule has 0 saturated carbocycles. The molecule has 7 heteroatoms. The molecular weight excluding hydrogens is 373 g/mol. The van der Waals surface area contributed by atoms with Gasteiger partial charge >= 0.3 is 0 Å². The molecule has 0 radical (unpaired) electrons. The number of nitrogens with zero attached hydrogens (tertiary/aromatic N) is 2. The molecule has 0 bridgehead atoms. The van der Waals surface area contributed by atoms with E-state index in [1.807, 2.05) is 48.5 Å². The Kier molecular flexibility index (Phi) is 4.32. The van der Waals surface area contributed by atoms with Crippen molar-refractivity contribution in [2.24, 2.45) is 0 Å². The van der Waals surface area contributed by atoms with Crippen LogP contribution in [-0.4, -0.2) is 17.0 Å². The third-order valence-electron chi connectivity index (χ3n) is 4.60. The number of nitrogens with one attached hydrogen (secondary N) is 1. The normalized spacial score (nSPS) is 13.3. The summed E-state index contributed by atoms with van der Waals surface area (Å²) < 4.78 is 30.2. The van der Waals surface area contributed by atoms with Crippen molar-refractivity contribution < 1.29 is 18.3 Å². The van der Waals surface area contributed by atoms with Gasteiger partial charge in [0.15, 0.2) is 11.5 Å². The van der Waals surface area contributed by atoms with Crippen molar-refractivity contribution >= 4 is 5.69 Å². The fourth-order valence-corrected chi connectivity index (χ4v) is 3.14. The predicted molar refractivity (Wildman–Crippen MR) is 104 cm³/mol. The molecule has 6 nitrogen and oxygen atoms in total. The Labute approximate surface area is 165 Å². The molecule has 1 unspecified atom stereocenters. The first-order valence-electron chi connectivity index (χ1n) is 9.07. The van der Waals surface area contributed by atoms with Gasteiger partial charge in [0.2, 0.25) is 18.6 Å². The highest BCUT2D eigenvalue weighted by molar-refractivity contribution is 5.57. The van der Waals surface area contributed by atoms with Crippen molar-refractivity contribution in [2.45, 2.75) is 6.04 Å². The molecule has 0 fully saturated rings. The van der Waals surface area contributed by atoms with Crippen LogP contribution in [0.5, 0.6) is 11.5 Å². The predicted octanol–water partition coefficient (Wildman–Crippen LogP) is 4.81. The van der Waals surface area contributed by atoms with Gasteiger partial charge in [-0.05, 0) is 42.0 Å². The van der Waals surface area contributed by atoms with Gasteiger partial charge in [0.05, 0.1) is 0 Å². The first-order chi connectivity index (χ1) is 14.3. The molecule has 2 heterocycles. The summed E-state index contributed by atoms with van der Waals surface area (Å²) in [5.74, 6) is 1.82. The molecule has 5 rings (SSSR count). The van der Waals surface area contributed by atoms with E-state index in [9.17, 15) is 4.39 Å². The van der Waals surface area contributed by atoms with Crippen LogP contribution in [-0.2, 0) is 0 Å². The molecule has 0 aliphatic carbocycles. The molecule has 1 aromatic heterocycles. The lowest BCUT2D eigenvalue weighted by atomic mass is 10.1. The van der Waals surface area contributed by atoms with Gasteiger partial charge in [-0.1, -0.05) is 30.3 Å². The van der Waals surface area contributed by atoms with E-state index < -0.39 is 6.04 Å². The van der Waals surface area contributed by atoms with Crippen molar-refractivity contribution in [1.29, 1.82) is 0 Å². The standard InChI is InChI=1S/C22H16FN3O3/c23-16-8-6-14(7-9-16)20(24-17-10-11-18-19(12-17)28-13-27-18)22-26-25-21(29-22)15-4-2-1-3-5-15/h1-12,20,24H,13H2. The van der Waals surface area contributed by atoms with Crippen molar-refractivity contribution in [3.05, 3.63) is 90.1 Å². The third-order valence-corrected chi connectivity index (χ3v) is 4.60. The maximum Gasteiger partial charge on any atom is 0.247 e. The molecule has 144 valence electrons. The minimum atomic E-state index is -0.471. The molecule has 0 saturated heterocycles. The quantitative estimate of drug-likeness (QED) is 0.528. The largest absolute Gasteiger partial charge is 0.454 e. The highest BCUT2D eigenvalue weighted by Gasteiger charge is 2.23. The molecule has 1 aliphatic rings. The van der Waals surface area contributed by atoms with Crippen LogP contribution in [0.15, 0.2) is 77.2 Å². The van der Waals surface area contributed by atoms with Gasteiger partial charge in [0, 0.05) is 17.3 Å². The summed E-state index contributed by atoms with van der Waals surface area (Å²) in [5, 5.41) is 11.8. The molecule has 3 aromatic carbocycles. The minimum Gasteiger partial charge on any atom is -0.454 e. The highest BCUT2D eigenvalue weighted by atomic mass is 19.1. The summed E-state index contributed by atoms with van der Waals surface area (Å²) in [4.78, 5) is 0. The van der Waals surface area contributed by atoms with Gasteiger partial charge in [-0.2, -0.15) is 0 Å². The Hall–Kier alpha value is -3.87. The number of halogens is 1. The lowest BCUT2D eigenvalue weighted by Crippen LogP contribution is -2.13. The number of hydrogen-bond acceptors (Lipinski definition) is 6. The van der Waals surface area contributed by atoms with Crippen LogP contribution in [0.1, 0.15) is 17.5 Å². The van der Waals surface area contributed by atoms with Crippen molar-refractivity contribution in [3.8, 4) is 23.0 Å². The SMILES string of the molecule is Fc1ccc(C(Nc2ccc3c(c2)OCO3)c2nnc(-c3ccccc3)o2)cc1. The van der Waals surface area contributed by atoms with Crippen LogP contribution in [0.3, 0.4) is 0 Å². The second-order valence-corrected chi connectivity index (χ2v) is 6.51. The Morgan fingerprint density at radius 1 is 0.862 bits per heavy atom. The lowest BCUT2D eigenvalue weighted by molar-refractivity contribution is 0.174. The summed E-state index contributed by atoms with van der Waals surface area (Å²) in [7, 11) is 0. The minimum absolute atomic E-state index is 0.199. The average Bonchev–Trinajstić information content (AvgIpc) is 3.43. The third kappa shape index (κ3) is 3.50. The first-order valence-corrected chi connectivity index (χ1v) is 9.07. The smallest absolute Gasteiger partial charge is 0.247 e. The zero-order chi connectivity index (χ0) is 19.6. The molecule has 29 heavy (non-hydrogen) atoms. The number of ether oxygens (including phenoxy) is 2. The van der Waals surface area contributed by atoms with Gasteiger partial charge < -0.3 is 19.2 Å². The van der Waals surface area contributed by atoms with Crippen molar-refractivity contribution in [3.63, 3.8) is 0 Å². The van der Waals surface area contributed by atoms with Gasteiger partial charge in [0.25, 0.3) is 0 Å². The van der Waals surface area contributed by atoms with E-state index in [1.54, 1.807) is 12.1 Å². The van der Waals surface area contributed by atoms with E-state index >= 15 is 0 Å². The van der Waals surface area contributed by atoms with Crippen LogP contribution >= 0.6 is 0 Å². The van der Waals surface area contributed by atoms with E-state index in [1.165, 1.54) is 12.1 Å². The number of fused-ring (bicyclic) bond motifs is 1. The van der Waals surface area contributed by atoms with Gasteiger partial charge in [-0.15, -0.1) is 10.2 Å². The monoisotopic (exact) mass is 389 g/mol. The van der Waals surface area contributed by atoms with Crippen LogP contribution in [0.25, 0.3) is 11.5 Å². The summed E-state index contributed by atoms with van der Waals surface area (Å²) in [6, 6.07) is 20.8. The van der Waals surface area contributed by atoms with Gasteiger partial charge in [-0.3, -0.25) is 0 Å². The van der Waals surface area contributed by atoms with E-state index in [0.717, 1.165) is 16.8 Å². The lowest BCUT2D eigenvalue weighted by Gasteiger charge is -2.17. The number of anilines is 1. The average molecular weight is 389 g/mol. The van der Waals surface area contributed by atoms with Crippen molar-refractivity contribution in [1.82, 2.24) is 10.2 Å². The van der Waals surface area contributed by atoms with E-state index in [2.05, 4.69) is 15.5 Å². The number of hydrogen-bond donors (Lipinski definition) is 1. The summed E-state index contributed by atoms with van der Waals surface area (Å²) in [6.45, 7) is 0.199. The van der Waals surface area contributed by atoms with Crippen LogP contribution in [0, 0.1) is 5.82 Å². The summed E-state index contributed by atoms with van der Waals surface area (Å²) in [6.07, 6.45) is 0. The van der Waals surface area contributed by atoms with E-state index in [0.29, 0.717) is 23.3 Å². The maximum absolute atomic E-state index is 13.5. The van der Waals surface area contributed by atoms with Crippen LogP contribution in [0.4, 0.5) is 10.1 Å². The highest BCUT2D eigenvalue weighted by Crippen LogP contribution is 2.36. The first kappa shape index (κ1) is 17.2. The van der Waals surface area contributed by atoms with E-state index in [-0.39, 0.29) is 12.6 Å². The maximum atomic E-state index is 13.5. The fourth-order valence-electron chi connectivity index (χ4n) is 3.14. The molecule has 0 spiro atoms. The molecule has 1 aliphatic heterocycles. The number of benzene rings is 3. The topological polar surface area (TPSA) is 69.4 Å². The molecule has 0 amide bonds. The Balaban J connectivity index is 1.51. The van der Waals surface area contributed by atoms with Crippen molar-refractivity contribution in [2.75, 3.05) is 12.1 Å². The molecule has 1 atom stereocenters. The Bertz CT molecular complexity index is 1130. The number of aromatic nitrogens is 2. The van der Waals surface area contributed by atoms with Gasteiger partial charge in [-0.25, -0.2) is 4.39 Å². The second-order valence-electron chi connectivity index (χ2n) is 6.51. The second kappa shape index (κ2) is 7.27. The van der Waals surface area contributed by atoms with E-state index in [4.69, 9.17) is 13.9 Å². The van der Waals surface area contributed by atoms with Crippen LogP contribution < -0.4 is 14.8 Å². The molecule has 4 aromatic rings. The summed E-state index contributed by atoms with van der Waals surface area (Å²) >= 11 is 0. The Morgan fingerprint density at radius 3 is 2.48 bits per heavy atom. The molecular formula is C22H16FN3O3. The Morgan fingerprint density at radius 2 is 1.66 bits per heavy atom. The fraction of sp³-hybridized carbons (Fsp3) is 0.0909. The zero-order valence-corrected chi connectivity index (χ0v) is 15.2. The molecule has 1 N–H and O–H groups in total. The zero-order valence-electron chi connectivity index (χ0n) is 15.2. The van der Waals surface area contributed by atoms with Crippen LogP contribution in [0.2, 0.25) is 0 Å².